The largest absolute Gasteiger partial charge is 0.494 e. The van der Waals surface area contributed by atoms with Gasteiger partial charge in [-0.2, -0.15) is 13.2 Å². The third-order valence-electron chi connectivity index (χ3n) is 1.54. The van der Waals surface area contributed by atoms with Crippen LogP contribution in [0.2, 0.25) is 0 Å². The first-order chi connectivity index (χ1) is 6.95. The number of hydrogen-bond donors (Lipinski definition) is 0. The van der Waals surface area contributed by atoms with Crippen molar-refractivity contribution in [3.63, 3.8) is 0 Å². The van der Waals surface area contributed by atoms with Crippen LogP contribution < -0.4 is 4.74 Å². The third kappa shape index (κ3) is 3.13. The molecule has 0 N–H and O–H groups in total. The highest BCUT2D eigenvalue weighted by molar-refractivity contribution is 6.67. The molecule has 0 saturated heterocycles. The first-order valence-corrected chi connectivity index (χ1v) is 4.27. The second-order valence-electron chi connectivity index (χ2n) is 2.57. The predicted octanol–water partition coefficient (Wildman–Crippen LogP) is 3.53. The molecule has 0 aliphatic carbocycles. The van der Waals surface area contributed by atoms with E-state index in [2.05, 4.69) is 4.99 Å². The zero-order valence-corrected chi connectivity index (χ0v) is 8.43. The van der Waals surface area contributed by atoms with Crippen LogP contribution in [0.25, 0.3) is 0 Å². The highest BCUT2D eigenvalue weighted by Crippen LogP contribution is 2.30. The summed E-state index contributed by atoms with van der Waals surface area (Å²) in [7, 11) is 1.34. The van der Waals surface area contributed by atoms with Gasteiger partial charge in [0.1, 0.15) is 11.4 Å². The Bertz CT molecular complexity index is 376. The van der Waals surface area contributed by atoms with Crippen molar-refractivity contribution in [3.8, 4) is 5.75 Å². The molecule has 0 aliphatic heterocycles. The maximum atomic E-state index is 12.1. The minimum Gasteiger partial charge on any atom is -0.494 e. The van der Waals surface area contributed by atoms with Crippen molar-refractivity contribution in [3.05, 3.63) is 24.3 Å². The molecule has 0 heterocycles. The third-order valence-corrected chi connectivity index (χ3v) is 1.84. The molecule has 15 heavy (non-hydrogen) atoms. The van der Waals surface area contributed by atoms with Crippen LogP contribution in [0.3, 0.4) is 0 Å². The number of methoxy groups -OCH3 is 1. The van der Waals surface area contributed by atoms with Gasteiger partial charge in [0.15, 0.2) is 0 Å². The van der Waals surface area contributed by atoms with Gasteiger partial charge in [-0.1, -0.05) is 23.7 Å². The molecule has 1 aromatic rings. The van der Waals surface area contributed by atoms with E-state index in [1.54, 1.807) is 12.1 Å². The van der Waals surface area contributed by atoms with Crippen LogP contribution in [-0.2, 0) is 0 Å². The molecule has 0 saturated carbocycles. The van der Waals surface area contributed by atoms with Crippen LogP contribution in [-0.4, -0.2) is 18.5 Å². The van der Waals surface area contributed by atoms with E-state index in [0.717, 1.165) is 0 Å². The lowest BCUT2D eigenvalue weighted by atomic mass is 10.3. The molecule has 6 heteroatoms. The summed E-state index contributed by atoms with van der Waals surface area (Å²) in [6.07, 6.45) is -4.64. The van der Waals surface area contributed by atoms with Crippen LogP contribution >= 0.6 is 11.6 Å². The summed E-state index contributed by atoms with van der Waals surface area (Å²) in [5, 5.41) is -1.42. The molecule has 1 aromatic carbocycles. The summed E-state index contributed by atoms with van der Waals surface area (Å²) in [5.41, 5.74) is 0.0438. The molecule has 0 bridgehead atoms. The fourth-order valence-electron chi connectivity index (χ4n) is 0.891. The first-order valence-electron chi connectivity index (χ1n) is 3.89. The molecule has 0 unspecified atom stereocenters. The Labute approximate surface area is 89.3 Å². The van der Waals surface area contributed by atoms with Crippen molar-refractivity contribution >= 4 is 22.5 Å². The van der Waals surface area contributed by atoms with Gasteiger partial charge in [-0.05, 0) is 12.1 Å². The van der Waals surface area contributed by atoms with Gasteiger partial charge < -0.3 is 4.74 Å². The number of nitrogens with zero attached hydrogens (tertiary/aromatic N) is 1. The number of ether oxygens (including phenoxy) is 1. The molecule has 0 spiro atoms. The molecular weight excluding hydrogens is 231 g/mol. The zero-order valence-electron chi connectivity index (χ0n) is 7.68. The maximum absolute atomic E-state index is 12.1. The zero-order chi connectivity index (χ0) is 11.5. The SMILES string of the molecule is COc1ccccc1/N=C(\Cl)C(F)(F)F. The van der Waals surface area contributed by atoms with E-state index >= 15 is 0 Å². The number of halogens is 4. The fourth-order valence-corrected chi connectivity index (χ4v) is 0.982. The summed E-state index contributed by atoms with van der Waals surface area (Å²) >= 11 is 4.99. The van der Waals surface area contributed by atoms with Crippen molar-refractivity contribution in [2.75, 3.05) is 7.11 Å². The average molecular weight is 238 g/mol. The highest BCUT2D eigenvalue weighted by Gasteiger charge is 2.34. The molecule has 82 valence electrons. The molecule has 0 atom stereocenters. The van der Waals surface area contributed by atoms with Gasteiger partial charge in [0, 0.05) is 0 Å². The number of aliphatic imine (C=N–C) groups is 1. The standard InChI is InChI=1S/C9H7ClF3NO/c1-15-7-5-3-2-4-6(7)14-8(10)9(11,12)13/h2-5H,1H3/b14-8-. The van der Waals surface area contributed by atoms with Gasteiger partial charge in [-0.15, -0.1) is 0 Å². The lowest BCUT2D eigenvalue weighted by Gasteiger charge is -2.06. The molecule has 0 amide bonds. The van der Waals surface area contributed by atoms with Gasteiger partial charge in [-0.25, -0.2) is 4.99 Å². The topological polar surface area (TPSA) is 21.6 Å². The second-order valence-corrected chi connectivity index (χ2v) is 2.93. The molecule has 0 aliphatic rings. The van der Waals surface area contributed by atoms with Crippen molar-refractivity contribution in [1.82, 2.24) is 0 Å². The summed E-state index contributed by atoms with van der Waals surface area (Å²) in [6, 6.07) is 6.05. The minimum absolute atomic E-state index is 0.0438. The molecule has 0 aromatic heterocycles. The Morgan fingerprint density at radius 2 is 1.93 bits per heavy atom. The molecule has 2 nitrogen and oxygen atoms in total. The van der Waals surface area contributed by atoms with E-state index in [1.165, 1.54) is 19.2 Å². The van der Waals surface area contributed by atoms with Crippen LogP contribution in [0.5, 0.6) is 5.75 Å². The number of rotatable bonds is 2. The minimum atomic E-state index is -4.64. The summed E-state index contributed by atoms with van der Waals surface area (Å²) in [6.45, 7) is 0. The fraction of sp³-hybridized carbons (Fsp3) is 0.222. The lowest BCUT2D eigenvalue weighted by Crippen LogP contribution is -2.16. The predicted molar refractivity (Wildman–Crippen MR) is 52.0 cm³/mol. The second kappa shape index (κ2) is 4.53. The van der Waals surface area contributed by atoms with Gasteiger partial charge in [0.25, 0.3) is 0 Å². The Balaban J connectivity index is 3.08. The van der Waals surface area contributed by atoms with E-state index < -0.39 is 11.3 Å². The maximum Gasteiger partial charge on any atom is 0.444 e. The van der Waals surface area contributed by atoms with Crippen molar-refractivity contribution in [2.45, 2.75) is 6.18 Å². The quantitative estimate of drug-likeness (QED) is 0.721. The number of benzene rings is 1. The highest BCUT2D eigenvalue weighted by atomic mass is 35.5. The summed E-state index contributed by atoms with van der Waals surface area (Å²) in [4.78, 5) is 3.23. The van der Waals surface area contributed by atoms with Crippen LogP contribution in [0.4, 0.5) is 18.9 Å². The summed E-state index contributed by atoms with van der Waals surface area (Å²) in [5.74, 6) is 0.236. The van der Waals surface area contributed by atoms with Crippen molar-refractivity contribution in [1.29, 1.82) is 0 Å². The van der Waals surface area contributed by atoms with E-state index in [1.807, 2.05) is 0 Å². The summed E-state index contributed by atoms with van der Waals surface area (Å²) < 4.78 is 41.0. The Kier molecular flexibility index (Phi) is 3.57. The Morgan fingerprint density at radius 3 is 2.47 bits per heavy atom. The molecule has 1 rings (SSSR count). The van der Waals surface area contributed by atoms with Gasteiger partial charge in [0.2, 0.25) is 5.17 Å². The smallest absolute Gasteiger partial charge is 0.444 e. The van der Waals surface area contributed by atoms with E-state index in [4.69, 9.17) is 16.3 Å². The monoisotopic (exact) mass is 237 g/mol. The number of hydrogen-bond acceptors (Lipinski definition) is 2. The molecule has 0 fully saturated rings. The van der Waals surface area contributed by atoms with Crippen LogP contribution in [0.15, 0.2) is 29.3 Å². The molecule has 0 radical (unpaired) electrons. The first kappa shape index (κ1) is 11.8. The Hall–Kier alpha value is -1.23. The normalized spacial score (nSPS) is 12.7. The van der Waals surface area contributed by atoms with Gasteiger partial charge >= 0.3 is 6.18 Å². The Morgan fingerprint density at radius 1 is 1.33 bits per heavy atom. The van der Waals surface area contributed by atoms with Crippen LogP contribution in [0.1, 0.15) is 0 Å². The van der Waals surface area contributed by atoms with Gasteiger partial charge in [0.05, 0.1) is 7.11 Å². The van der Waals surface area contributed by atoms with E-state index in [9.17, 15) is 13.2 Å². The van der Waals surface area contributed by atoms with Crippen molar-refractivity contribution in [2.24, 2.45) is 4.99 Å². The average Bonchev–Trinajstić information content (AvgIpc) is 2.17. The lowest BCUT2D eigenvalue weighted by molar-refractivity contribution is -0.0558. The number of alkyl halides is 3. The number of para-hydroxylation sites is 2. The van der Waals surface area contributed by atoms with Gasteiger partial charge in [-0.3, -0.25) is 0 Å². The van der Waals surface area contributed by atoms with Crippen LogP contribution in [0, 0.1) is 0 Å². The van der Waals surface area contributed by atoms with E-state index in [-0.39, 0.29) is 11.4 Å². The molecular formula is C9H7ClF3NO. The van der Waals surface area contributed by atoms with Crippen molar-refractivity contribution < 1.29 is 17.9 Å². The van der Waals surface area contributed by atoms with E-state index in [0.29, 0.717) is 0 Å².